The zero-order valence-electron chi connectivity index (χ0n) is 9.34. The second-order valence-corrected chi connectivity index (χ2v) is 6.26. The van der Waals surface area contributed by atoms with Crippen molar-refractivity contribution in [1.82, 2.24) is 15.3 Å². The second-order valence-electron chi connectivity index (χ2n) is 3.69. The van der Waals surface area contributed by atoms with Gasteiger partial charge in [-0.1, -0.05) is 11.6 Å². The number of amides is 1. The minimum absolute atomic E-state index is 0.0924. The van der Waals surface area contributed by atoms with Crippen LogP contribution in [-0.2, 0) is 9.84 Å². The molecule has 1 amide bonds. The Morgan fingerprint density at radius 3 is 2.59 bits per heavy atom. The Labute approximate surface area is 104 Å². The van der Waals surface area contributed by atoms with E-state index < -0.39 is 21.8 Å². The Kier molecular flexibility index (Phi) is 4.41. The Morgan fingerprint density at radius 2 is 2.12 bits per heavy atom. The SMILES string of the molecule is CC(CS(C)(=O)=O)NC(=O)c1cnc(Cl)cn1. The van der Waals surface area contributed by atoms with Crippen LogP contribution >= 0.6 is 11.6 Å². The number of nitrogens with one attached hydrogen (secondary N) is 1. The Morgan fingerprint density at radius 1 is 1.47 bits per heavy atom. The molecule has 1 N–H and O–H groups in total. The maximum Gasteiger partial charge on any atom is 0.271 e. The van der Waals surface area contributed by atoms with Gasteiger partial charge in [-0.2, -0.15) is 0 Å². The summed E-state index contributed by atoms with van der Waals surface area (Å²) in [5.74, 6) is -0.606. The molecular formula is C9H12ClN3O3S. The fourth-order valence-electron chi connectivity index (χ4n) is 1.22. The summed E-state index contributed by atoms with van der Waals surface area (Å²) >= 11 is 5.52. The molecule has 17 heavy (non-hydrogen) atoms. The van der Waals surface area contributed by atoms with E-state index >= 15 is 0 Å². The fourth-order valence-corrected chi connectivity index (χ4v) is 2.31. The number of rotatable bonds is 4. The molecule has 0 saturated carbocycles. The summed E-state index contributed by atoms with van der Waals surface area (Å²) < 4.78 is 22.0. The number of carbonyl (C=O) groups excluding carboxylic acids is 1. The van der Waals surface area contributed by atoms with Gasteiger partial charge in [0.1, 0.15) is 20.7 Å². The maximum absolute atomic E-state index is 11.6. The first-order valence-electron chi connectivity index (χ1n) is 4.74. The molecule has 1 heterocycles. The topological polar surface area (TPSA) is 89.0 Å². The molecule has 1 unspecified atom stereocenters. The van der Waals surface area contributed by atoms with Crippen molar-refractivity contribution in [1.29, 1.82) is 0 Å². The van der Waals surface area contributed by atoms with Gasteiger partial charge in [0.2, 0.25) is 0 Å². The van der Waals surface area contributed by atoms with E-state index in [-0.39, 0.29) is 16.6 Å². The molecule has 1 aromatic heterocycles. The molecule has 0 radical (unpaired) electrons. The highest BCUT2D eigenvalue weighted by atomic mass is 35.5. The van der Waals surface area contributed by atoms with Crippen LogP contribution < -0.4 is 5.32 Å². The summed E-state index contributed by atoms with van der Waals surface area (Å²) in [4.78, 5) is 19.1. The van der Waals surface area contributed by atoms with Crippen LogP contribution in [-0.4, -0.2) is 42.3 Å². The molecular weight excluding hydrogens is 266 g/mol. The van der Waals surface area contributed by atoms with Gasteiger partial charge in [0, 0.05) is 12.3 Å². The van der Waals surface area contributed by atoms with Gasteiger partial charge >= 0.3 is 0 Å². The number of hydrogen-bond donors (Lipinski definition) is 1. The summed E-state index contributed by atoms with van der Waals surface area (Å²) in [5.41, 5.74) is 0.0924. The van der Waals surface area contributed by atoms with E-state index in [0.29, 0.717) is 0 Å². The number of hydrogen-bond acceptors (Lipinski definition) is 5. The molecule has 0 aliphatic carbocycles. The lowest BCUT2D eigenvalue weighted by Gasteiger charge is -2.11. The molecule has 8 heteroatoms. The summed E-state index contributed by atoms with van der Waals surface area (Å²) in [6.07, 6.45) is 3.58. The van der Waals surface area contributed by atoms with E-state index in [1.165, 1.54) is 12.4 Å². The summed E-state index contributed by atoms with van der Waals surface area (Å²) in [6.45, 7) is 1.60. The monoisotopic (exact) mass is 277 g/mol. The van der Waals surface area contributed by atoms with Crippen molar-refractivity contribution in [2.75, 3.05) is 12.0 Å². The average Bonchev–Trinajstić information content (AvgIpc) is 2.15. The molecule has 0 aliphatic rings. The van der Waals surface area contributed by atoms with Crippen molar-refractivity contribution >= 4 is 27.3 Å². The zero-order valence-corrected chi connectivity index (χ0v) is 10.9. The van der Waals surface area contributed by atoms with Crippen molar-refractivity contribution in [2.24, 2.45) is 0 Å². The van der Waals surface area contributed by atoms with Crippen LogP contribution in [0.5, 0.6) is 0 Å². The Bertz CT molecular complexity index is 501. The van der Waals surface area contributed by atoms with Gasteiger partial charge in [0.25, 0.3) is 5.91 Å². The lowest BCUT2D eigenvalue weighted by Crippen LogP contribution is -2.37. The summed E-state index contributed by atoms with van der Waals surface area (Å²) in [5, 5.41) is 2.69. The smallest absolute Gasteiger partial charge is 0.271 e. The molecule has 1 aromatic rings. The van der Waals surface area contributed by atoms with E-state index in [1.807, 2.05) is 0 Å². The van der Waals surface area contributed by atoms with Crippen molar-refractivity contribution in [3.63, 3.8) is 0 Å². The van der Waals surface area contributed by atoms with Gasteiger partial charge in [-0.05, 0) is 6.92 Å². The first-order valence-corrected chi connectivity index (χ1v) is 7.18. The van der Waals surface area contributed by atoms with E-state index in [1.54, 1.807) is 6.92 Å². The lowest BCUT2D eigenvalue weighted by molar-refractivity contribution is 0.0938. The predicted octanol–water partition coefficient (Wildman–Crippen LogP) is 0.293. The van der Waals surface area contributed by atoms with Gasteiger partial charge in [0.15, 0.2) is 0 Å². The van der Waals surface area contributed by atoms with Crippen LogP contribution in [0.1, 0.15) is 17.4 Å². The molecule has 0 bridgehead atoms. The lowest BCUT2D eigenvalue weighted by atomic mass is 10.3. The van der Waals surface area contributed by atoms with Crippen molar-refractivity contribution < 1.29 is 13.2 Å². The summed E-state index contributed by atoms with van der Waals surface area (Å²) in [6, 6.07) is -0.491. The quantitative estimate of drug-likeness (QED) is 0.855. The number of halogens is 1. The largest absolute Gasteiger partial charge is 0.347 e. The van der Waals surface area contributed by atoms with Crippen LogP contribution in [0.3, 0.4) is 0 Å². The molecule has 0 spiro atoms. The third-order valence-electron chi connectivity index (χ3n) is 1.78. The molecule has 0 fully saturated rings. The minimum atomic E-state index is -3.13. The van der Waals surface area contributed by atoms with Crippen LogP contribution in [0, 0.1) is 0 Å². The first kappa shape index (κ1) is 13.9. The highest BCUT2D eigenvalue weighted by Crippen LogP contribution is 2.01. The zero-order chi connectivity index (χ0) is 13.1. The average molecular weight is 278 g/mol. The third-order valence-corrected chi connectivity index (χ3v) is 3.08. The molecule has 6 nitrogen and oxygen atoms in total. The molecule has 0 saturated heterocycles. The highest BCUT2D eigenvalue weighted by molar-refractivity contribution is 7.90. The molecule has 0 aromatic carbocycles. The predicted molar refractivity (Wildman–Crippen MR) is 63.7 cm³/mol. The minimum Gasteiger partial charge on any atom is -0.347 e. The number of nitrogens with zero attached hydrogens (tertiary/aromatic N) is 2. The third kappa shape index (κ3) is 5.10. The normalized spacial score (nSPS) is 13.1. The molecule has 1 atom stereocenters. The summed E-state index contributed by atoms with van der Waals surface area (Å²) in [7, 11) is -3.13. The van der Waals surface area contributed by atoms with E-state index in [4.69, 9.17) is 11.6 Å². The maximum atomic E-state index is 11.6. The Hall–Kier alpha value is -1.21. The number of sulfone groups is 1. The van der Waals surface area contributed by atoms with E-state index in [2.05, 4.69) is 15.3 Å². The molecule has 0 aliphatic heterocycles. The van der Waals surface area contributed by atoms with Gasteiger partial charge in [-0.15, -0.1) is 0 Å². The van der Waals surface area contributed by atoms with Gasteiger partial charge in [0.05, 0.1) is 18.1 Å². The first-order chi connectivity index (χ1) is 7.78. The van der Waals surface area contributed by atoms with Crippen LogP contribution in [0.15, 0.2) is 12.4 Å². The Balaban J connectivity index is 2.63. The second kappa shape index (κ2) is 5.42. The van der Waals surface area contributed by atoms with Crippen molar-refractivity contribution in [3.05, 3.63) is 23.2 Å². The number of carbonyl (C=O) groups is 1. The van der Waals surface area contributed by atoms with Crippen LogP contribution in [0.2, 0.25) is 5.15 Å². The van der Waals surface area contributed by atoms with Crippen molar-refractivity contribution in [3.8, 4) is 0 Å². The fraction of sp³-hybridized carbons (Fsp3) is 0.444. The van der Waals surface area contributed by atoms with Crippen molar-refractivity contribution in [2.45, 2.75) is 13.0 Å². The molecule has 1 rings (SSSR count). The standard InChI is InChI=1S/C9H12ClN3O3S/c1-6(5-17(2,15)16)13-9(14)7-3-12-8(10)4-11-7/h3-4,6H,5H2,1-2H3,(H,13,14). The van der Waals surface area contributed by atoms with Gasteiger partial charge < -0.3 is 5.32 Å². The number of aromatic nitrogens is 2. The van der Waals surface area contributed by atoms with E-state index in [9.17, 15) is 13.2 Å². The van der Waals surface area contributed by atoms with Gasteiger partial charge in [-0.3, -0.25) is 4.79 Å². The van der Waals surface area contributed by atoms with Crippen LogP contribution in [0.25, 0.3) is 0 Å². The van der Waals surface area contributed by atoms with Crippen LogP contribution in [0.4, 0.5) is 0 Å². The van der Waals surface area contributed by atoms with E-state index in [0.717, 1.165) is 6.26 Å². The molecule has 94 valence electrons. The highest BCUT2D eigenvalue weighted by Gasteiger charge is 2.15. The van der Waals surface area contributed by atoms with Gasteiger partial charge in [-0.25, -0.2) is 18.4 Å².